The molecule has 3 aromatic rings. The van der Waals surface area contributed by atoms with E-state index in [1.807, 2.05) is 30.3 Å². The van der Waals surface area contributed by atoms with Crippen molar-refractivity contribution in [2.45, 2.75) is 6.54 Å². The number of anilines is 1. The van der Waals surface area contributed by atoms with E-state index in [-0.39, 0.29) is 5.91 Å². The maximum absolute atomic E-state index is 13.1. The van der Waals surface area contributed by atoms with E-state index in [1.54, 1.807) is 10.9 Å². The van der Waals surface area contributed by atoms with Crippen LogP contribution < -0.4 is 5.32 Å². The molecular formula is C16H12BrFN4O. The maximum Gasteiger partial charge on any atom is 0.259 e. The fourth-order valence-corrected chi connectivity index (χ4v) is 2.62. The summed E-state index contributed by atoms with van der Waals surface area (Å²) in [4.78, 5) is 12.3. The Morgan fingerprint density at radius 3 is 2.74 bits per heavy atom. The van der Waals surface area contributed by atoms with Crippen molar-refractivity contribution in [1.82, 2.24) is 14.8 Å². The average molecular weight is 375 g/mol. The van der Waals surface area contributed by atoms with Crippen LogP contribution in [0.1, 0.15) is 15.9 Å². The number of benzene rings is 2. The van der Waals surface area contributed by atoms with Crippen LogP contribution in [0, 0.1) is 5.82 Å². The zero-order valence-corrected chi connectivity index (χ0v) is 13.5. The van der Waals surface area contributed by atoms with E-state index in [4.69, 9.17) is 0 Å². The first-order valence-corrected chi connectivity index (χ1v) is 7.61. The Morgan fingerprint density at radius 2 is 2.00 bits per heavy atom. The molecule has 0 aliphatic rings. The first kappa shape index (κ1) is 15.4. The zero-order valence-electron chi connectivity index (χ0n) is 11.9. The van der Waals surface area contributed by atoms with E-state index >= 15 is 0 Å². The second kappa shape index (κ2) is 6.70. The molecule has 7 heteroatoms. The number of aromatic nitrogens is 3. The quantitative estimate of drug-likeness (QED) is 0.760. The Labute approximate surface area is 140 Å². The van der Waals surface area contributed by atoms with Crippen LogP contribution in [0.4, 0.5) is 10.3 Å². The molecule has 0 aliphatic heterocycles. The van der Waals surface area contributed by atoms with Crippen LogP contribution in [-0.2, 0) is 6.54 Å². The van der Waals surface area contributed by atoms with Gasteiger partial charge in [-0.15, -0.1) is 10.2 Å². The van der Waals surface area contributed by atoms with Crippen LogP contribution in [0.25, 0.3) is 0 Å². The highest BCUT2D eigenvalue weighted by Gasteiger charge is 2.14. The van der Waals surface area contributed by atoms with Crippen LogP contribution in [0.3, 0.4) is 0 Å². The third-order valence-corrected chi connectivity index (χ3v) is 3.87. The Bertz CT molecular complexity index is 835. The molecule has 1 N–H and O–H groups in total. The number of hydrogen-bond donors (Lipinski definition) is 1. The summed E-state index contributed by atoms with van der Waals surface area (Å²) in [5.41, 5.74) is 1.38. The molecule has 0 fully saturated rings. The average Bonchev–Trinajstić information content (AvgIpc) is 2.95. The molecule has 23 heavy (non-hydrogen) atoms. The van der Waals surface area contributed by atoms with Crippen molar-refractivity contribution in [3.63, 3.8) is 0 Å². The molecule has 0 aliphatic carbocycles. The van der Waals surface area contributed by atoms with Crippen LogP contribution in [0.5, 0.6) is 0 Å². The van der Waals surface area contributed by atoms with Crippen molar-refractivity contribution >= 4 is 27.8 Å². The normalized spacial score (nSPS) is 10.5. The SMILES string of the molecule is O=C(Nc1nncn1Cc1ccccc1)c1ccc(F)cc1Br. The van der Waals surface area contributed by atoms with Crippen molar-refractivity contribution in [1.29, 1.82) is 0 Å². The minimum absolute atomic E-state index is 0.320. The summed E-state index contributed by atoms with van der Waals surface area (Å²) in [5.74, 6) is -0.477. The van der Waals surface area contributed by atoms with Crippen LogP contribution >= 0.6 is 15.9 Å². The van der Waals surface area contributed by atoms with Crippen molar-refractivity contribution in [3.8, 4) is 0 Å². The Hall–Kier alpha value is -2.54. The summed E-state index contributed by atoms with van der Waals surface area (Å²) in [5, 5.41) is 10.4. The third-order valence-electron chi connectivity index (χ3n) is 3.21. The van der Waals surface area contributed by atoms with Crippen LogP contribution in [-0.4, -0.2) is 20.7 Å². The van der Waals surface area contributed by atoms with Gasteiger partial charge in [0, 0.05) is 4.47 Å². The van der Waals surface area contributed by atoms with Crippen molar-refractivity contribution in [3.05, 3.63) is 76.3 Å². The van der Waals surface area contributed by atoms with Gasteiger partial charge in [0.15, 0.2) is 0 Å². The van der Waals surface area contributed by atoms with E-state index in [1.165, 1.54) is 18.2 Å². The number of halogens is 2. The molecule has 0 saturated heterocycles. The highest BCUT2D eigenvalue weighted by molar-refractivity contribution is 9.10. The highest BCUT2D eigenvalue weighted by atomic mass is 79.9. The van der Waals surface area contributed by atoms with Crippen LogP contribution in [0.15, 0.2) is 59.3 Å². The van der Waals surface area contributed by atoms with E-state index in [0.717, 1.165) is 5.56 Å². The molecule has 2 aromatic carbocycles. The van der Waals surface area contributed by atoms with Gasteiger partial charge in [-0.1, -0.05) is 30.3 Å². The van der Waals surface area contributed by atoms with Gasteiger partial charge in [-0.25, -0.2) is 4.39 Å². The van der Waals surface area contributed by atoms with Gasteiger partial charge in [0.25, 0.3) is 5.91 Å². The number of hydrogen-bond acceptors (Lipinski definition) is 3. The van der Waals surface area contributed by atoms with Gasteiger partial charge in [0.05, 0.1) is 12.1 Å². The van der Waals surface area contributed by atoms with Gasteiger partial charge in [0.1, 0.15) is 12.1 Å². The van der Waals surface area contributed by atoms with Gasteiger partial charge in [0.2, 0.25) is 5.95 Å². The van der Waals surface area contributed by atoms with Crippen molar-refractivity contribution in [2.24, 2.45) is 0 Å². The predicted molar refractivity (Wildman–Crippen MR) is 87.6 cm³/mol. The lowest BCUT2D eigenvalue weighted by Gasteiger charge is -2.09. The summed E-state index contributed by atoms with van der Waals surface area (Å²) < 4.78 is 15.2. The van der Waals surface area contributed by atoms with Crippen molar-refractivity contribution in [2.75, 3.05) is 5.32 Å². The van der Waals surface area contributed by atoms with Crippen molar-refractivity contribution < 1.29 is 9.18 Å². The van der Waals surface area contributed by atoms with E-state index in [0.29, 0.717) is 22.5 Å². The Morgan fingerprint density at radius 1 is 1.22 bits per heavy atom. The molecule has 0 atom stereocenters. The molecule has 1 amide bonds. The molecule has 3 rings (SSSR count). The predicted octanol–water partition coefficient (Wildman–Crippen LogP) is 3.48. The summed E-state index contributed by atoms with van der Waals surface area (Å²) in [6, 6.07) is 13.6. The third kappa shape index (κ3) is 3.62. The molecule has 0 radical (unpaired) electrons. The lowest BCUT2D eigenvalue weighted by atomic mass is 10.2. The van der Waals surface area contributed by atoms with E-state index < -0.39 is 5.82 Å². The van der Waals surface area contributed by atoms with Gasteiger partial charge < -0.3 is 0 Å². The monoisotopic (exact) mass is 374 g/mol. The second-order valence-electron chi connectivity index (χ2n) is 4.85. The molecule has 1 aromatic heterocycles. The first-order chi connectivity index (χ1) is 11.1. The summed E-state index contributed by atoms with van der Waals surface area (Å²) in [7, 11) is 0. The van der Waals surface area contributed by atoms with Gasteiger partial charge in [-0.2, -0.15) is 0 Å². The molecule has 1 heterocycles. The molecule has 5 nitrogen and oxygen atoms in total. The van der Waals surface area contributed by atoms with Crippen LogP contribution in [0.2, 0.25) is 0 Å². The fourth-order valence-electron chi connectivity index (χ4n) is 2.09. The molecule has 116 valence electrons. The lowest BCUT2D eigenvalue weighted by molar-refractivity contribution is 0.102. The minimum Gasteiger partial charge on any atom is -0.295 e. The Kier molecular flexibility index (Phi) is 4.47. The molecule has 0 spiro atoms. The number of nitrogens with one attached hydrogen (secondary N) is 1. The lowest BCUT2D eigenvalue weighted by Crippen LogP contribution is -2.16. The Balaban J connectivity index is 1.78. The molecule has 0 unspecified atom stereocenters. The largest absolute Gasteiger partial charge is 0.295 e. The van der Waals surface area contributed by atoms with Gasteiger partial charge in [-0.05, 0) is 39.7 Å². The number of carbonyl (C=O) groups excluding carboxylic acids is 1. The molecule has 0 saturated carbocycles. The zero-order chi connectivity index (χ0) is 16.2. The molecular weight excluding hydrogens is 363 g/mol. The number of nitrogens with zero attached hydrogens (tertiary/aromatic N) is 3. The summed E-state index contributed by atoms with van der Waals surface area (Å²) >= 11 is 3.18. The molecule has 0 bridgehead atoms. The topological polar surface area (TPSA) is 59.8 Å². The number of carbonyl (C=O) groups is 1. The van der Waals surface area contributed by atoms with Gasteiger partial charge >= 0.3 is 0 Å². The summed E-state index contributed by atoms with van der Waals surface area (Å²) in [6.07, 6.45) is 1.54. The smallest absolute Gasteiger partial charge is 0.259 e. The van der Waals surface area contributed by atoms with E-state index in [9.17, 15) is 9.18 Å². The maximum atomic E-state index is 13.1. The highest BCUT2D eigenvalue weighted by Crippen LogP contribution is 2.19. The minimum atomic E-state index is -0.416. The van der Waals surface area contributed by atoms with Gasteiger partial charge in [-0.3, -0.25) is 14.7 Å². The number of amides is 1. The summed E-state index contributed by atoms with van der Waals surface area (Å²) in [6.45, 7) is 0.536. The fraction of sp³-hybridized carbons (Fsp3) is 0.0625. The second-order valence-corrected chi connectivity index (χ2v) is 5.70. The number of rotatable bonds is 4. The standard InChI is InChI=1S/C16H12BrFN4O/c17-14-8-12(18)6-7-13(14)15(23)20-16-21-19-10-22(16)9-11-4-2-1-3-5-11/h1-8,10H,9H2,(H,20,21,23). The van der Waals surface area contributed by atoms with E-state index in [2.05, 4.69) is 31.4 Å². The first-order valence-electron chi connectivity index (χ1n) is 6.81.